The van der Waals surface area contributed by atoms with Crippen LogP contribution < -0.4 is 0 Å². The van der Waals surface area contributed by atoms with Crippen LogP contribution in [0.5, 0.6) is 0 Å². The van der Waals surface area contributed by atoms with E-state index in [1.54, 1.807) is 11.9 Å². The third-order valence-electron chi connectivity index (χ3n) is 5.22. The lowest BCUT2D eigenvalue weighted by Crippen LogP contribution is -2.49. The van der Waals surface area contributed by atoms with Crippen molar-refractivity contribution in [3.8, 4) is 0 Å². The average molecular weight is 340 g/mol. The zero-order chi connectivity index (χ0) is 18.7. The van der Waals surface area contributed by atoms with E-state index in [0.717, 1.165) is 12.8 Å². The molecule has 0 radical (unpaired) electrons. The zero-order valence-electron chi connectivity index (χ0n) is 16.9. The van der Waals surface area contributed by atoms with Crippen LogP contribution in [0, 0.1) is 23.7 Å². The summed E-state index contributed by atoms with van der Waals surface area (Å²) in [5.74, 6) is 1.30. The van der Waals surface area contributed by atoms with Gasteiger partial charge < -0.3 is 9.64 Å². The van der Waals surface area contributed by atoms with E-state index in [9.17, 15) is 9.59 Å². The highest BCUT2D eigenvalue weighted by atomic mass is 16.6. The van der Waals surface area contributed by atoms with E-state index in [2.05, 4.69) is 20.8 Å². The van der Waals surface area contributed by atoms with Crippen molar-refractivity contribution in [2.75, 3.05) is 7.05 Å². The molecule has 1 rings (SSSR count). The lowest BCUT2D eigenvalue weighted by molar-refractivity contribution is -0.165. The number of ether oxygens (including phenoxy) is 1. The summed E-state index contributed by atoms with van der Waals surface area (Å²) in [6.45, 7) is 14.1. The summed E-state index contributed by atoms with van der Waals surface area (Å²) >= 11 is 0. The average Bonchev–Trinajstić information content (AvgIpc) is 2.44. The van der Waals surface area contributed by atoms with Crippen molar-refractivity contribution in [1.82, 2.24) is 4.90 Å². The van der Waals surface area contributed by atoms with Gasteiger partial charge in [0.1, 0.15) is 11.6 Å². The highest BCUT2D eigenvalue weighted by Crippen LogP contribution is 2.39. The maximum atomic E-state index is 13.1. The predicted molar refractivity (Wildman–Crippen MR) is 97.5 cm³/mol. The highest BCUT2D eigenvalue weighted by molar-refractivity contribution is 5.86. The van der Waals surface area contributed by atoms with Crippen molar-refractivity contribution < 1.29 is 14.3 Å². The second-order valence-corrected chi connectivity index (χ2v) is 8.84. The van der Waals surface area contributed by atoms with Gasteiger partial charge in [0.15, 0.2) is 0 Å². The number of esters is 1. The van der Waals surface area contributed by atoms with Crippen LogP contribution in [0.4, 0.5) is 0 Å². The molecule has 0 aromatic heterocycles. The van der Waals surface area contributed by atoms with E-state index >= 15 is 0 Å². The van der Waals surface area contributed by atoms with Crippen molar-refractivity contribution in [3.05, 3.63) is 0 Å². The molecule has 0 saturated heterocycles. The maximum absolute atomic E-state index is 13.1. The summed E-state index contributed by atoms with van der Waals surface area (Å²) in [6.07, 6.45) is 3.80. The molecule has 4 nitrogen and oxygen atoms in total. The molecular weight excluding hydrogens is 302 g/mol. The smallest absolute Gasteiger partial charge is 0.329 e. The molecule has 140 valence electrons. The maximum Gasteiger partial charge on any atom is 0.329 e. The van der Waals surface area contributed by atoms with Crippen LogP contribution in [0.3, 0.4) is 0 Å². The summed E-state index contributed by atoms with van der Waals surface area (Å²) in [6, 6.07) is -0.498. The van der Waals surface area contributed by atoms with Gasteiger partial charge in [0.2, 0.25) is 5.91 Å². The SMILES string of the molecule is CCC(C(=O)OC(C)(C)C)N(C)C(=O)[C@@H]1C[C@H](C)CC[C@H]1C(C)C. The second kappa shape index (κ2) is 8.35. The zero-order valence-corrected chi connectivity index (χ0v) is 16.9. The van der Waals surface area contributed by atoms with Crippen molar-refractivity contribution in [3.63, 3.8) is 0 Å². The Morgan fingerprint density at radius 2 is 1.79 bits per heavy atom. The molecule has 1 aliphatic carbocycles. The topological polar surface area (TPSA) is 46.6 Å². The van der Waals surface area contributed by atoms with Crippen molar-refractivity contribution >= 4 is 11.9 Å². The first kappa shape index (κ1) is 21.0. The van der Waals surface area contributed by atoms with E-state index in [4.69, 9.17) is 4.74 Å². The Morgan fingerprint density at radius 1 is 1.21 bits per heavy atom. The standard InChI is InChI=1S/C20H37NO3/c1-9-17(19(23)24-20(5,6)7)21(8)18(22)16-12-14(4)10-11-15(16)13(2)3/h13-17H,9-12H2,1-8H3/t14-,15+,16-,17?/m1/s1. The molecule has 1 aliphatic rings. The first-order chi connectivity index (χ1) is 11.0. The van der Waals surface area contributed by atoms with Crippen LogP contribution >= 0.6 is 0 Å². The quantitative estimate of drug-likeness (QED) is 0.703. The molecule has 4 atom stereocenters. The van der Waals surface area contributed by atoms with E-state index in [1.165, 1.54) is 6.42 Å². The Labute approximate surface area is 148 Å². The van der Waals surface area contributed by atoms with E-state index in [-0.39, 0.29) is 17.8 Å². The minimum atomic E-state index is -0.534. The van der Waals surface area contributed by atoms with E-state index < -0.39 is 11.6 Å². The first-order valence-corrected chi connectivity index (χ1v) is 9.47. The normalized spacial score (nSPS) is 26.1. The minimum absolute atomic E-state index is 0.0234. The fourth-order valence-corrected chi connectivity index (χ4v) is 3.87. The first-order valence-electron chi connectivity index (χ1n) is 9.47. The Balaban J connectivity index is 2.90. The van der Waals surface area contributed by atoms with Gasteiger partial charge in [-0.15, -0.1) is 0 Å². The summed E-state index contributed by atoms with van der Waals surface area (Å²) in [4.78, 5) is 27.3. The number of nitrogens with zero attached hydrogens (tertiary/aromatic N) is 1. The number of amides is 1. The van der Waals surface area contributed by atoms with Gasteiger partial charge in [-0.1, -0.05) is 34.1 Å². The fourth-order valence-electron chi connectivity index (χ4n) is 3.87. The largest absolute Gasteiger partial charge is 0.458 e. The lowest BCUT2D eigenvalue weighted by Gasteiger charge is -2.39. The third kappa shape index (κ3) is 5.49. The third-order valence-corrected chi connectivity index (χ3v) is 5.22. The van der Waals surface area contributed by atoms with Gasteiger partial charge in [0.25, 0.3) is 0 Å². The molecule has 0 aromatic carbocycles. The molecule has 0 aromatic rings. The number of carbonyl (C=O) groups excluding carboxylic acids is 2. The fraction of sp³-hybridized carbons (Fsp3) is 0.900. The Morgan fingerprint density at radius 3 is 2.25 bits per heavy atom. The molecule has 0 heterocycles. The molecule has 1 amide bonds. The van der Waals surface area contributed by atoms with Gasteiger partial charge in [-0.05, 0) is 57.8 Å². The Hall–Kier alpha value is -1.06. The number of carbonyl (C=O) groups is 2. The molecule has 0 spiro atoms. The lowest BCUT2D eigenvalue weighted by atomic mass is 9.69. The predicted octanol–water partition coefficient (Wildman–Crippen LogP) is 4.27. The number of hydrogen-bond acceptors (Lipinski definition) is 3. The highest BCUT2D eigenvalue weighted by Gasteiger charge is 2.39. The number of likely N-dealkylation sites (N-methyl/N-ethyl adjacent to an activating group) is 1. The second-order valence-electron chi connectivity index (χ2n) is 8.84. The van der Waals surface area contributed by atoms with Crippen LogP contribution in [-0.4, -0.2) is 35.5 Å². The van der Waals surface area contributed by atoms with Gasteiger partial charge in [0.05, 0.1) is 0 Å². The summed E-state index contributed by atoms with van der Waals surface area (Å²) in [7, 11) is 1.76. The molecule has 1 unspecified atom stereocenters. The Kier molecular flexibility index (Phi) is 7.30. The van der Waals surface area contributed by atoms with Crippen molar-refractivity contribution in [2.24, 2.45) is 23.7 Å². The minimum Gasteiger partial charge on any atom is -0.458 e. The van der Waals surface area contributed by atoms with Crippen molar-refractivity contribution in [1.29, 1.82) is 0 Å². The monoisotopic (exact) mass is 339 g/mol. The molecule has 1 fully saturated rings. The summed E-state index contributed by atoms with van der Waals surface area (Å²) < 4.78 is 5.51. The summed E-state index contributed by atoms with van der Waals surface area (Å²) in [5, 5.41) is 0. The molecule has 0 bridgehead atoms. The van der Waals surface area contributed by atoms with Gasteiger partial charge in [-0.2, -0.15) is 0 Å². The molecule has 0 aliphatic heterocycles. The van der Waals surface area contributed by atoms with Crippen molar-refractivity contribution in [2.45, 2.75) is 85.8 Å². The van der Waals surface area contributed by atoms with Gasteiger partial charge >= 0.3 is 5.97 Å². The van der Waals surface area contributed by atoms with E-state index in [0.29, 0.717) is 24.2 Å². The number of rotatable bonds is 5. The van der Waals surface area contributed by atoms with Crippen LogP contribution in [0.2, 0.25) is 0 Å². The molecule has 4 heteroatoms. The van der Waals surface area contributed by atoms with Crippen LogP contribution in [-0.2, 0) is 14.3 Å². The summed E-state index contributed by atoms with van der Waals surface area (Å²) in [5.41, 5.74) is -0.534. The van der Waals surface area contributed by atoms with Gasteiger partial charge in [-0.25, -0.2) is 4.79 Å². The molecule has 24 heavy (non-hydrogen) atoms. The van der Waals surface area contributed by atoms with Gasteiger partial charge in [-0.3, -0.25) is 4.79 Å². The van der Waals surface area contributed by atoms with Crippen LogP contribution in [0.1, 0.15) is 74.1 Å². The van der Waals surface area contributed by atoms with Gasteiger partial charge in [0, 0.05) is 13.0 Å². The number of hydrogen-bond donors (Lipinski definition) is 0. The molecular formula is C20H37NO3. The molecule has 0 N–H and O–H groups in total. The molecule has 1 saturated carbocycles. The van der Waals surface area contributed by atoms with Crippen LogP contribution in [0.25, 0.3) is 0 Å². The van der Waals surface area contributed by atoms with Crippen LogP contribution in [0.15, 0.2) is 0 Å². The van der Waals surface area contributed by atoms with E-state index in [1.807, 2.05) is 27.7 Å². The Bertz CT molecular complexity index is 439.